The Kier molecular flexibility index (Phi) is 13.4. The highest BCUT2D eigenvalue weighted by molar-refractivity contribution is 7.18. The van der Waals surface area contributed by atoms with Gasteiger partial charge in [0.1, 0.15) is 16.6 Å². The van der Waals surface area contributed by atoms with Crippen LogP contribution in [0.1, 0.15) is 79.5 Å². The lowest BCUT2D eigenvalue weighted by Gasteiger charge is -2.33. The predicted molar refractivity (Wildman–Crippen MR) is 179 cm³/mol. The molecule has 46 heavy (non-hydrogen) atoms. The Morgan fingerprint density at radius 3 is 2.24 bits per heavy atom. The van der Waals surface area contributed by atoms with Gasteiger partial charge in [0.05, 0.1) is 11.2 Å². The molecule has 0 aliphatic heterocycles. The molecule has 14 heteroatoms. The number of carbonyl (C=O) groups excluding carboxylic acids is 3. The van der Waals surface area contributed by atoms with E-state index in [0.717, 1.165) is 47.5 Å². The molecule has 2 heterocycles. The minimum absolute atomic E-state index is 0.0128. The van der Waals surface area contributed by atoms with E-state index in [1.807, 2.05) is 26.0 Å². The molecule has 0 bridgehead atoms. The summed E-state index contributed by atoms with van der Waals surface area (Å²) in [6, 6.07) is 7.92. The second-order valence-corrected chi connectivity index (χ2v) is 13.2. The van der Waals surface area contributed by atoms with Crippen molar-refractivity contribution < 1.29 is 34.2 Å². The van der Waals surface area contributed by atoms with Crippen molar-refractivity contribution in [2.75, 3.05) is 17.3 Å². The van der Waals surface area contributed by atoms with Gasteiger partial charge in [-0.3, -0.25) is 19.2 Å². The number of carboxylic acid groups (broad SMARTS) is 2. The van der Waals surface area contributed by atoms with Gasteiger partial charge in [0.2, 0.25) is 11.8 Å². The van der Waals surface area contributed by atoms with E-state index < -0.39 is 18.0 Å². The molecule has 0 unspecified atom stereocenters. The average Bonchev–Trinajstić information content (AvgIpc) is 3.72. The van der Waals surface area contributed by atoms with Crippen LogP contribution in [0, 0.1) is 11.8 Å². The van der Waals surface area contributed by atoms with Crippen LogP contribution in [0.4, 0.5) is 11.4 Å². The van der Waals surface area contributed by atoms with Crippen LogP contribution in [0.15, 0.2) is 41.2 Å². The highest BCUT2D eigenvalue weighted by Crippen LogP contribution is 2.40. The van der Waals surface area contributed by atoms with Crippen molar-refractivity contribution in [1.29, 1.82) is 0 Å². The molecule has 0 spiro atoms. The first-order valence-corrected chi connectivity index (χ1v) is 16.8. The third kappa shape index (κ3) is 9.93. The first-order chi connectivity index (χ1) is 21.8. The number of thiophene rings is 1. The van der Waals surface area contributed by atoms with Crippen LogP contribution in [0.3, 0.4) is 0 Å². The molecule has 1 fully saturated rings. The number of anilines is 2. The molecule has 1 aromatic carbocycles. The zero-order valence-corrected chi connectivity index (χ0v) is 28.0. The third-order valence-electron chi connectivity index (χ3n) is 7.66. The highest BCUT2D eigenvalue weighted by atomic mass is 32.1. The number of carboxylic acids is 2. The van der Waals surface area contributed by atoms with Gasteiger partial charge in [0, 0.05) is 41.4 Å². The number of hydrogen-bond acceptors (Lipinski definition) is 9. The molecule has 248 valence electrons. The van der Waals surface area contributed by atoms with Crippen LogP contribution in [0.2, 0.25) is 0 Å². The first kappa shape index (κ1) is 36.3. The van der Waals surface area contributed by atoms with Gasteiger partial charge in [0.25, 0.3) is 5.91 Å². The highest BCUT2D eigenvalue weighted by Gasteiger charge is 2.33. The summed E-state index contributed by atoms with van der Waals surface area (Å²) in [6.07, 6.45) is 4.06. The lowest BCUT2D eigenvalue weighted by molar-refractivity contribution is -0.138. The normalized spacial score (nSPS) is 16.5. The second-order valence-electron chi connectivity index (χ2n) is 11.5. The molecule has 1 saturated carbocycles. The minimum atomic E-state index is -1.08. The molecule has 2 aromatic heterocycles. The lowest BCUT2D eigenvalue weighted by atomic mass is 9.82. The molecule has 0 saturated heterocycles. The fraction of sp³-hybridized carbons (Fsp3) is 0.438. The van der Waals surface area contributed by atoms with Crippen LogP contribution < -0.4 is 21.3 Å². The van der Waals surface area contributed by atoms with E-state index in [0.29, 0.717) is 23.0 Å². The number of aromatic carboxylic acids is 1. The van der Waals surface area contributed by atoms with Gasteiger partial charge in [-0.2, -0.15) is 0 Å². The number of nitrogens with two attached hydrogens (primary N) is 1. The molecule has 4 rings (SSSR count). The summed E-state index contributed by atoms with van der Waals surface area (Å²) in [4.78, 5) is 65.2. The van der Waals surface area contributed by atoms with Gasteiger partial charge in [0.15, 0.2) is 0 Å². The van der Waals surface area contributed by atoms with Crippen molar-refractivity contribution in [1.82, 2.24) is 10.3 Å². The van der Waals surface area contributed by atoms with Crippen LogP contribution in [-0.2, 0) is 14.4 Å². The van der Waals surface area contributed by atoms with E-state index in [9.17, 15) is 29.1 Å². The molecule has 12 nitrogen and oxygen atoms in total. The monoisotopic (exact) mass is 671 g/mol. The molecule has 0 radical (unpaired) electrons. The van der Waals surface area contributed by atoms with E-state index in [1.54, 1.807) is 34.0 Å². The Morgan fingerprint density at radius 2 is 1.72 bits per heavy atom. The summed E-state index contributed by atoms with van der Waals surface area (Å²) >= 11 is 2.51. The molecule has 1 atom stereocenters. The fourth-order valence-electron chi connectivity index (χ4n) is 4.98. The molecule has 1 aliphatic rings. The molecular weight excluding hydrogens is 631 g/mol. The van der Waals surface area contributed by atoms with Crippen molar-refractivity contribution in [3.63, 3.8) is 0 Å². The van der Waals surface area contributed by atoms with Gasteiger partial charge in [-0.05, 0) is 75.6 Å². The van der Waals surface area contributed by atoms with E-state index in [2.05, 4.69) is 22.5 Å². The summed E-state index contributed by atoms with van der Waals surface area (Å²) in [5.74, 6) is -2.02. The van der Waals surface area contributed by atoms with Crippen LogP contribution in [0.25, 0.3) is 10.4 Å². The SMILES string of the molecule is CC1CCC(C(=O)N(c2cc(-c3ccc(NC(=O)c4cscn4)cc3)sc2C(=O)O)C(C)C)CC1.CNC(=O)CC[C@@H](N)C(=O)O. The van der Waals surface area contributed by atoms with Gasteiger partial charge in [-0.1, -0.05) is 19.1 Å². The summed E-state index contributed by atoms with van der Waals surface area (Å²) in [5, 5.41) is 25.1. The molecule has 3 amide bonds. The number of nitrogens with one attached hydrogen (secondary N) is 2. The van der Waals surface area contributed by atoms with E-state index >= 15 is 0 Å². The van der Waals surface area contributed by atoms with Gasteiger partial charge >= 0.3 is 11.9 Å². The summed E-state index contributed by atoms with van der Waals surface area (Å²) in [6.45, 7) is 6.06. The number of aromatic nitrogens is 1. The minimum Gasteiger partial charge on any atom is -0.480 e. The second kappa shape index (κ2) is 17.0. The first-order valence-electron chi connectivity index (χ1n) is 15.0. The Labute approximate surface area is 276 Å². The number of aliphatic carboxylic acids is 1. The topological polar surface area (TPSA) is 192 Å². The summed E-state index contributed by atoms with van der Waals surface area (Å²) in [7, 11) is 1.49. The maximum Gasteiger partial charge on any atom is 0.348 e. The number of thiazole rings is 1. The quantitative estimate of drug-likeness (QED) is 0.180. The zero-order valence-electron chi connectivity index (χ0n) is 26.3. The standard InChI is InChI=1S/C26H29N3O4S2.C6H12N2O3/c1-15(2)29(25(31)18-6-4-16(3)5-7-18)21-12-22(35-23(21)26(32)33)17-8-10-19(11-9-17)28-24(30)20-13-34-14-27-20;1-8-5(9)3-2-4(7)6(10)11/h8-16,18H,4-7H2,1-3H3,(H,28,30)(H,32,33);4H,2-3,7H2,1H3,(H,8,9)(H,10,11)/t;4-/m.1/s1. The Balaban J connectivity index is 0.000000449. The predicted octanol–water partition coefficient (Wildman–Crippen LogP) is 5.31. The van der Waals surface area contributed by atoms with Crippen LogP contribution in [-0.4, -0.2) is 64.0 Å². The van der Waals surface area contributed by atoms with Crippen LogP contribution >= 0.6 is 22.7 Å². The maximum atomic E-state index is 13.5. The van der Waals surface area contributed by atoms with Crippen LogP contribution in [0.5, 0.6) is 0 Å². The van der Waals surface area contributed by atoms with Gasteiger partial charge in [-0.15, -0.1) is 22.7 Å². The Bertz CT molecular complexity index is 1500. The number of amides is 3. The average molecular weight is 672 g/mol. The number of carbonyl (C=O) groups is 5. The molecular formula is C32H41N5O7S2. The number of rotatable bonds is 11. The number of hydrogen-bond donors (Lipinski definition) is 5. The Morgan fingerprint density at radius 1 is 1.07 bits per heavy atom. The number of benzene rings is 1. The van der Waals surface area contributed by atoms with Gasteiger partial charge in [-0.25, -0.2) is 9.78 Å². The largest absolute Gasteiger partial charge is 0.480 e. The summed E-state index contributed by atoms with van der Waals surface area (Å²) in [5.41, 5.74) is 8.99. The lowest BCUT2D eigenvalue weighted by Crippen LogP contribution is -2.42. The summed E-state index contributed by atoms with van der Waals surface area (Å²) < 4.78 is 0. The van der Waals surface area contributed by atoms with Crippen molar-refractivity contribution in [3.8, 4) is 10.4 Å². The van der Waals surface area contributed by atoms with Crippen molar-refractivity contribution in [2.24, 2.45) is 17.6 Å². The molecule has 1 aliphatic carbocycles. The molecule has 3 aromatic rings. The van der Waals surface area contributed by atoms with E-state index in [-0.39, 0.29) is 47.4 Å². The third-order valence-corrected chi connectivity index (χ3v) is 9.40. The van der Waals surface area contributed by atoms with Crippen molar-refractivity contribution in [2.45, 2.75) is 71.4 Å². The maximum absolute atomic E-state index is 13.5. The van der Waals surface area contributed by atoms with Crippen molar-refractivity contribution in [3.05, 3.63) is 51.8 Å². The molecule has 6 N–H and O–H groups in total. The Hall–Kier alpha value is -4.14. The van der Waals surface area contributed by atoms with Gasteiger partial charge < -0.3 is 31.5 Å². The smallest absolute Gasteiger partial charge is 0.348 e. The zero-order chi connectivity index (χ0) is 34.0. The van der Waals surface area contributed by atoms with E-state index in [4.69, 9.17) is 10.8 Å². The van der Waals surface area contributed by atoms with Crippen molar-refractivity contribution >= 4 is 63.7 Å². The van der Waals surface area contributed by atoms with E-state index in [1.165, 1.54) is 18.4 Å². The number of nitrogens with zero attached hydrogens (tertiary/aromatic N) is 2. The fourth-order valence-corrected chi connectivity index (χ4v) is 6.51.